The van der Waals surface area contributed by atoms with Gasteiger partial charge in [0.2, 0.25) is 0 Å². The van der Waals surface area contributed by atoms with Gasteiger partial charge in [0.15, 0.2) is 14.1 Å². The van der Waals surface area contributed by atoms with Gasteiger partial charge in [-0.3, -0.25) is 0 Å². The Bertz CT molecular complexity index is 907. The molecule has 0 N–H and O–H groups in total. The van der Waals surface area contributed by atoms with E-state index in [9.17, 15) is 10.5 Å². The van der Waals surface area contributed by atoms with Gasteiger partial charge in [0.1, 0.15) is 18.2 Å². The van der Waals surface area contributed by atoms with E-state index >= 15 is 0 Å². The highest BCUT2D eigenvalue weighted by Gasteiger charge is 2.38. The summed E-state index contributed by atoms with van der Waals surface area (Å²) in [6.07, 6.45) is 21.2. The van der Waals surface area contributed by atoms with E-state index in [-0.39, 0.29) is 11.1 Å². The zero-order valence-corrected chi connectivity index (χ0v) is 29.3. The highest BCUT2D eigenvalue weighted by atomic mass is 28.4. The number of nitriles is 2. The maximum atomic E-state index is 9.69. The van der Waals surface area contributed by atoms with Crippen LogP contribution < -0.4 is 4.74 Å². The van der Waals surface area contributed by atoms with E-state index in [1.54, 1.807) is 12.1 Å². The summed E-state index contributed by atoms with van der Waals surface area (Å²) in [6.45, 7) is 16.7. The number of unbranched alkanes of at least 4 members (excludes halogenated alkanes) is 15. The Kier molecular flexibility index (Phi) is 19.8. The number of hydrogen-bond donors (Lipinski definition) is 0. The van der Waals surface area contributed by atoms with Crippen molar-refractivity contribution in [3.8, 4) is 17.9 Å². The molecule has 1 aromatic rings. The third kappa shape index (κ3) is 16.1. The van der Waals surface area contributed by atoms with E-state index in [1.807, 2.05) is 6.92 Å². The lowest BCUT2D eigenvalue weighted by atomic mass is 10.0. The maximum absolute atomic E-state index is 9.69. The first-order valence-electron chi connectivity index (χ1n) is 16.9. The number of benzene rings is 1. The first-order valence-corrected chi connectivity index (χ1v) is 19.8. The Hall–Kier alpha value is -1.86. The lowest BCUT2D eigenvalue weighted by Crippen LogP contribution is -2.44. The number of hydrogen-bond acceptors (Lipinski definition) is 5. The largest absolute Gasteiger partial charge is 0.483 e. The molecule has 0 amide bonds. The van der Waals surface area contributed by atoms with Gasteiger partial charge in [-0.1, -0.05) is 124 Å². The Morgan fingerprint density at radius 2 is 1.14 bits per heavy atom. The first kappa shape index (κ1) is 38.2. The van der Waals surface area contributed by atoms with Gasteiger partial charge in [0, 0.05) is 6.61 Å². The van der Waals surface area contributed by atoms with E-state index in [4.69, 9.17) is 13.9 Å². The van der Waals surface area contributed by atoms with Crippen molar-refractivity contribution in [1.29, 1.82) is 10.5 Å². The minimum atomic E-state index is -2.00. The zero-order valence-electron chi connectivity index (χ0n) is 28.3. The molecule has 0 bridgehead atoms. The van der Waals surface area contributed by atoms with Crippen LogP contribution in [0.1, 0.15) is 147 Å². The van der Waals surface area contributed by atoms with Crippen LogP contribution in [0.25, 0.3) is 0 Å². The lowest BCUT2D eigenvalue weighted by Gasteiger charge is -2.37. The molecule has 0 aliphatic rings. The molecule has 5 nitrogen and oxygen atoms in total. The molecule has 0 aliphatic carbocycles. The Balaban J connectivity index is 2.36. The molecule has 6 heteroatoms. The maximum Gasteiger partial charge on any atom is 0.192 e. The molecule has 1 unspecified atom stereocenters. The SMILES string of the molecule is CCCCCCCCCCCCCCCCCCOCC(CO[Si](C)(C)C(C)(C)C)Oc1c(C#N)cc(C)cc1C#N. The van der Waals surface area contributed by atoms with Crippen molar-refractivity contribution < 1.29 is 13.9 Å². The molecule has 42 heavy (non-hydrogen) atoms. The molecular weight excluding hydrogens is 536 g/mol. The second-order valence-corrected chi connectivity index (χ2v) is 18.4. The third-order valence-electron chi connectivity index (χ3n) is 8.64. The van der Waals surface area contributed by atoms with Crippen molar-refractivity contribution in [2.75, 3.05) is 19.8 Å². The molecule has 0 aromatic heterocycles. The quantitative estimate of drug-likeness (QED) is 0.0874. The Labute approximate surface area is 260 Å². The highest BCUT2D eigenvalue weighted by molar-refractivity contribution is 6.74. The predicted octanol–water partition coefficient (Wildman–Crippen LogP) is 10.8. The normalized spacial score (nSPS) is 12.6. The molecule has 0 saturated heterocycles. The fraction of sp³-hybridized carbons (Fsp3) is 0.778. The molecule has 1 atom stereocenters. The summed E-state index contributed by atoms with van der Waals surface area (Å²) in [6, 6.07) is 7.91. The summed E-state index contributed by atoms with van der Waals surface area (Å²) in [7, 11) is -2.00. The van der Waals surface area contributed by atoms with Crippen molar-refractivity contribution in [3.63, 3.8) is 0 Å². The molecule has 0 heterocycles. The molecule has 1 rings (SSSR count). The molecular formula is C36H62N2O3Si. The minimum absolute atomic E-state index is 0.0748. The second kappa shape index (κ2) is 21.8. The van der Waals surface area contributed by atoms with Crippen molar-refractivity contribution in [3.05, 3.63) is 28.8 Å². The topological polar surface area (TPSA) is 75.3 Å². The van der Waals surface area contributed by atoms with Crippen LogP contribution in [0.4, 0.5) is 0 Å². The monoisotopic (exact) mass is 598 g/mol. The van der Waals surface area contributed by atoms with E-state index in [0.717, 1.165) is 12.0 Å². The van der Waals surface area contributed by atoms with Gasteiger partial charge in [-0.25, -0.2) is 0 Å². The van der Waals surface area contributed by atoms with E-state index in [2.05, 4.69) is 52.9 Å². The van der Waals surface area contributed by atoms with Crippen LogP contribution in [0.3, 0.4) is 0 Å². The standard InChI is InChI=1S/C36H62N2O3Si/c1-8-9-10-11-12-13-14-15-16-17-18-19-20-21-22-23-24-39-29-34(30-40-42(6,7)36(3,4)5)41-35-32(27-37)25-31(2)26-33(35)28-38/h25-26,34H,8-24,29-30H2,1-7H3. The molecule has 1 aromatic carbocycles. The summed E-state index contributed by atoms with van der Waals surface area (Å²) >= 11 is 0. The van der Waals surface area contributed by atoms with Crippen molar-refractivity contribution in [1.82, 2.24) is 0 Å². The van der Waals surface area contributed by atoms with Crippen LogP contribution in [-0.4, -0.2) is 34.2 Å². The highest BCUT2D eigenvalue weighted by Crippen LogP contribution is 2.37. The van der Waals surface area contributed by atoms with Crippen molar-refractivity contribution in [2.45, 2.75) is 162 Å². The number of aryl methyl sites for hydroxylation is 1. The number of rotatable bonds is 24. The molecule has 0 saturated carbocycles. The van der Waals surface area contributed by atoms with Crippen LogP contribution in [0.5, 0.6) is 5.75 Å². The molecule has 0 spiro atoms. The molecule has 0 radical (unpaired) electrons. The van der Waals surface area contributed by atoms with Crippen LogP contribution in [-0.2, 0) is 9.16 Å². The fourth-order valence-corrected chi connectivity index (χ4v) is 5.87. The summed E-state index contributed by atoms with van der Waals surface area (Å²) in [5.41, 5.74) is 1.62. The van der Waals surface area contributed by atoms with Gasteiger partial charge in [-0.15, -0.1) is 0 Å². The van der Waals surface area contributed by atoms with Gasteiger partial charge < -0.3 is 13.9 Å². The molecule has 0 fully saturated rings. The van der Waals surface area contributed by atoms with Gasteiger partial charge in [-0.2, -0.15) is 10.5 Å². The van der Waals surface area contributed by atoms with Crippen molar-refractivity contribution >= 4 is 8.32 Å². The van der Waals surface area contributed by atoms with Crippen molar-refractivity contribution in [2.24, 2.45) is 0 Å². The van der Waals surface area contributed by atoms with Crippen LogP contribution in [0, 0.1) is 29.6 Å². The van der Waals surface area contributed by atoms with Crippen LogP contribution >= 0.6 is 0 Å². The number of nitrogens with zero attached hydrogens (tertiary/aromatic N) is 2. The zero-order chi connectivity index (χ0) is 31.3. The fourth-order valence-electron chi connectivity index (χ4n) is 4.83. The Morgan fingerprint density at radius 3 is 1.55 bits per heavy atom. The van der Waals surface area contributed by atoms with Gasteiger partial charge in [0.25, 0.3) is 0 Å². The Morgan fingerprint density at radius 1 is 0.714 bits per heavy atom. The average Bonchev–Trinajstić information content (AvgIpc) is 2.94. The van der Waals surface area contributed by atoms with Gasteiger partial charge >= 0.3 is 0 Å². The summed E-state index contributed by atoms with van der Waals surface area (Å²) in [4.78, 5) is 0. The minimum Gasteiger partial charge on any atom is -0.483 e. The summed E-state index contributed by atoms with van der Waals surface area (Å²) in [5.74, 6) is 0.334. The van der Waals surface area contributed by atoms with Gasteiger partial charge in [0.05, 0.1) is 24.3 Å². The second-order valence-electron chi connectivity index (χ2n) is 13.6. The van der Waals surface area contributed by atoms with Crippen LogP contribution in [0.2, 0.25) is 18.1 Å². The third-order valence-corrected chi connectivity index (χ3v) is 13.1. The smallest absolute Gasteiger partial charge is 0.192 e. The molecule has 238 valence electrons. The first-order chi connectivity index (χ1) is 20.1. The average molecular weight is 599 g/mol. The van der Waals surface area contributed by atoms with E-state index < -0.39 is 8.32 Å². The van der Waals surface area contributed by atoms with E-state index in [1.165, 1.54) is 96.3 Å². The lowest BCUT2D eigenvalue weighted by molar-refractivity contribution is 0.0213. The number of ether oxygens (including phenoxy) is 2. The summed E-state index contributed by atoms with van der Waals surface area (Å²) < 4.78 is 18.8. The van der Waals surface area contributed by atoms with Crippen LogP contribution in [0.15, 0.2) is 12.1 Å². The van der Waals surface area contributed by atoms with E-state index in [0.29, 0.717) is 36.7 Å². The van der Waals surface area contributed by atoms with Gasteiger partial charge in [-0.05, 0) is 49.2 Å². The molecule has 0 aliphatic heterocycles. The predicted molar refractivity (Wildman–Crippen MR) is 179 cm³/mol. The summed E-state index contributed by atoms with van der Waals surface area (Å²) in [5, 5.41) is 19.4.